The number of ether oxygens (including phenoxy) is 2. The Morgan fingerprint density at radius 2 is 1.81 bits per heavy atom. The number of nitrogens with one attached hydrogen (secondary N) is 1. The van der Waals surface area contributed by atoms with Crippen molar-refractivity contribution in [3.05, 3.63) is 58.6 Å². The first-order valence-corrected chi connectivity index (χ1v) is 8.81. The molecule has 0 fully saturated rings. The van der Waals surface area contributed by atoms with Crippen LogP contribution in [-0.4, -0.2) is 36.4 Å². The largest absolute Gasteiger partial charge is 0.491 e. The second-order valence-corrected chi connectivity index (χ2v) is 6.78. The van der Waals surface area contributed by atoms with Gasteiger partial charge >= 0.3 is 0 Å². The molecule has 0 heterocycles. The molecule has 8 heteroatoms. The Morgan fingerprint density at radius 3 is 2.38 bits per heavy atom. The monoisotopic (exact) mass is 376 g/mol. The average molecular weight is 376 g/mol. The Bertz CT molecular complexity index is 734. The van der Waals surface area contributed by atoms with Crippen LogP contribution in [0.15, 0.2) is 53.4 Å². The number of thioether (sulfide) groups is 1. The molecule has 1 amide bonds. The Balaban J connectivity index is 1.87. The van der Waals surface area contributed by atoms with Crippen molar-refractivity contribution in [3.63, 3.8) is 0 Å². The van der Waals surface area contributed by atoms with E-state index >= 15 is 0 Å². The molecule has 0 bridgehead atoms. The number of hydrogen-bond donors (Lipinski definition) is 1. The predicted octanol–water partition coefficient (Wildman–Crippen LogP) is 3.74. The number of methoxy groups -OCH3 is 1. The number of nitrogens with zero attached hydrogens (tertiary/aromatic N) is 1. The van der Waals surface area contributed by atoms with E-state index in [1.165, 1.54) is 23.9 Å². The lowest BCUT2D eigenvalue weighted by Gasteiger charge is -2.12. The topological polar surface area (TPSA) is 90.7 Å². The molecule has 1 atom stereocenters. The van der Waals surface area contributed by atoms with Crippen LogP contribution in [0.2, 0.25) is 0 Å². The molecule has 26 heavy (non-hydrogen) atoms. The fourth-order valence-corrected chi connectivity index (χ4v) is 2.89. The summed E-state index contributed by atoms with van der Waals surface area (Å²) in [5, 5.41) is 13.1. The summed E-state index contributed by atoms with van der Waals surface area (Å²) in [7, 11) is 1.61. The summed E-state index contributed by atoms with van der Waals surface area (Å²) in [5.74, 6) is 0.551. The second kappa shape index (κ2) is 9.79. The van der Waals surface area contributed by atoms with Gasteiger partial charge < -0.3 is 14.8 Å². The van der Waals surface area contributed by atoms with Crippen LogP contribution in [0.3, 0.4) is 0 Å². The van der Waals surface area contributed by atoms with Gasteiger partial charge in [0.1, 0.15) is 12.4 Å². The molecule has 0 saturated heterocycles. The van der Waals surface area contributed by atoms with Crippen molar-refractivity contribution in [2.24, 2.45) is 0 Å². The number of hydrogen-bond acceptors (Lipinski definition) is 6. The molecule has 2 aromatic carbocycles. The van der Waals surface area contributed by atoms with Gasteiger partial charge in [-0.05, 0) is 43.3 Å². The number of benzene rings is 2. The number of carbonyl (C=O) groups is 1. The maximum Gasteiger partial charge on any atom is 0.269 e. The summed E-state index contributed by atoms with van der Waals surface area (Å²) in [6.07, 6.45) is 0. The van der Waals surface area contributed by atoms with Crippen LogP contribution in [0.5, 0.6) is 5.75 Å². The first-order valence-electron chi connectivity index (χ1n) is 7.93. The predicted molar refractivity (Wildman–Crippen MR) is 101 cm³/mol. The molecular weight excluding hydrogens is 356 g/mol. The highest BCUT2D eigenvalue weighted by Gasteiger charge is 2.15. The Kier molecular flexibility index (Phi) is 7.43. The minimum Gasteiger partial charge on any atom is -0.491 e. The molecule has 0 aliphatic carbocycles. The number of amides is 1. The van der Waals surface area contributed by atoms with Gasteiger partial charge in [-0.2, -0.15) is 0 Å². The van der Waals surface area contributed by atoms with Gasteiger partial charge in [0.05, 0.1) is 16.8 Å². The first kappa shape index (κ1) is 19.7. The molecule has 2 aromatic rings. The lowest BCUT2D eigenvalue weighted by Crippen LogP contribution is -2.22. The van der Waals surface area contributed by atoms with E-state index in [0.717, 1.165) is 4.90 Å². The van der Waals surface area contributed by atoms with Crippen molar-refractivity contribution in [2.45, 2.75) is 17.1 Å². The third-order valence-corrected chi connectivity index (χ3v) is 4.52. The Labute approximate surface area is 155 Å². The van der Waals surface area contributed by atoms with Crippen LogP contribution < -0.4 is 10.1 Å². The standard InChI is InChI=1S/C18H20N2O5S/c1-13(26-17-9-5-15(6-10-17)20(22)23)18(21)19-14-3-7-16(8-4-14)25-12-11-24-2/h3-10,13H,11-12H2,1-2H3,(H,19,21). The number of rotatable bonds is 9. The summed E-state index contributed by atoms with van der Waals surface area (Å²) >= 11 is 1.33. The number of nitro groups is 1. The third kappa shape index (κ3) is 6.05. The molecule has 138 valence electrons. The van der Waals surface area contributed by atoms with E-state index in [1.807, 2.05) is 0 Å². The molecule has 0 aliphatic heterocycles. The zero-order valence-electron chi connectivity index (χ0n) is 14.5. The molecule has 0 radical (unpaired) electrons. The highest BCUT2D eigenvalue weighted by molar-refractivity contribution is 8.00. The van der Waals surface area contributed by atoms with Crippen LogP contribution in [-0.2, 0) is 9.53 Å². The fourth-order valence-electron chi connectivity index (χ4n) is 2.03. The summed E-state index contributed by atoms with van der Waals surface area (Å²) in [6.45, 7) is 2.75. The van der Waals surface area contributed by atoms with Crippen LogP contribution in [0.1, 0.15) is 6.92 Å². The number of non-ortho nitro benzene ring substituents is 1. The highest BCUT2D eigenvalue weighted by atomic mass is 32.2. The van der Waals surface area contributed by atoms with E-state index in [1.54, 1.807) is 50.4 Å². The molecular formula is C18H20N2O5S. The zero-order chi connectivity index (χ0) is 18.9. The van der Waals surface area contributed by atoms with Gasteiger partial charge in [0.15, 0.2) is 0 Å². The molecule has 0 saturated carbocycles. The number of anilines is 1. The highest BCUT2D eigenvalue weighted by Crippen LogP contribution is 2.26. The van der Waals surface area contributed by atoms with E-state index in [0.29, 0.717) is 24.7 Å². The van der Waals surface area contributed by atoms with Crippen molar-refractivity contribution in [1.29, 1.82) is 0 Å². The Morgan fingerprint density at radius 1 is 1.15 bits per heavy atom. The van der Waals surface area contributed by atoms with Crippen molar-refractivity contribution in [3.8, 4) is 5.75 Å². The number of nitro benzene ring substituents is 1. The van der Waals surface area contributed by atoms with Crippen molar-refractivity contribution >= 4 is 29.0 Å². The van der Waals surface area contributed by atoms with Gasteiger partial charge in [-0.3, -0.25) is 14.9 Å². The smallest absolute Gasteiger partial charge is 0.269 e. The van der Waals surface area contributed by atoms with Crippen molar-refractivity contribution < 1.29 is 19.2 Å². The minimum atomic E-state index is -0.451. The van der Waals surface area contributed by atoms with Crippen LogP contribution in [0.4, 0.5) is 11.4 Å². The average Bonchev–Trinajstić information content (AvgIpc) is 2.63. The Hall–Kier alpha value is -2.58. The molecule has 1 N–H and O–H groups in total. The molecule has 7 nitrogen and oxygen atoms in total. The van der Waals surface area contributed by atoms with Gasteiger partial charge in [0, 0.05) is 29.8 Å². The van der Waals surface area contributed by atoms with Gasteiger partial charge in [-0.15, -0.1) is 11.8 Å². The zero-order valence-corrected chi connectivity index (χ0v) is 15.3. The fraction of sp³-hybridized carbons (Fsp3) is 0.278. The van der Waals surface area contributed by atoms with Gasteiger partial charge in [0.25, 0.3) is 5.69 Å². The summed E-state index contributed by atoms with van der Waals surface area (Å²) in [4.78, 5) is 23.3. The third-order valence-electron chi connectivity index (χ3n) is 3.41. The lowest BCUT2D eigenvalue weighted by molar-refractivity contribution is -0.384. The minimum absolute atomic E-state index is 0.0271. The normalized spacial score (nSPS) is 11.6. The van der Waals surface area contributed by atoms with E-state index in [2.05, 4.69) is 5.32 Å². The maximum atomic E-state index is 12.3. The van der Waals surface area contributed by atoms with E-state index in [-0.39, 0.29) is 16.8 Å². The summed E-state index contributed by atoms with van der Waals surface area (Å²) < 4.78 is 10.4. The lowest BCUT2D eigenvalue weighted by atomic mass is 10.3. The van der Waals surface area contributed by atoms with Crippen molar-refractivity contribution in [1.82, 2.24) is 0 Å². The van der Waals surface area contributed by atoms with Crippen LogP contribution in [0.25, 0.3) is 0 Å². The molecule has 1 unspecified atom stereocenters. The molecule has 0 aliphatic rings. The SMILES string of the molecule is COCCOc1ccc(NC(=O)C(C)Sc2ccc([N+](=O)[O-])cc2)cc1. The van der Waals surface area contributed by atoms with E-state index in [9.17, 15) is 14.9 Å². The van der Waals surface area contributed by atoms with Crippen LogP contribution in [0, 0.1) is 10.1 Å². The second-order valence-electron chi connectivity index (χ2n) is 5.37. The van der Waals surface area contributed by atoms with Gasteiger partial charge in [-0.25, -0.2) is 0 Å². The van der Waals surface area contributed by atoms with E-state index in [4.69, 9.17) is 9.47 Å². The van der Waals surface area contributed by atoms with Crippen molar-refractivity contribution in [2.75, 3.05) is 25.6 Å². The molecule has 0 spiro atoms. The van der Waals surface area contributed by atoms with E-state index < -0.39 is 4.92 Å². The molecule has 0 aromatic heterocycles. The quantitative estimate of drug-likeness (QED) is 0.310. The number of carbonyl (C=O) groups excluding carboxylic acids is 1. The summed E-state index contributed by atoms with van der Waals surface area (Å²) in [6, 6.07) is 13.2. The first-order chi connectivity index (χ1) is 12.5. The summed E-state index contributed by atoms with van der Waals surface area (Å²) in [5.41, 5.74) is 0.699. The van der Waals surface area contributed by atoms with Gasteiger partial charge in [0.2, 0.25) is 5.91 Å². The maximum absolute atomic E-state index is 12.3. The molecule has 2 rings (SSSR count). The van der Waals surface area contributed by atoms with Crippen LogP contribution >= 0.6 is 11.8 Å². The van der Waals surface area contributed by atoms with Gasteiger partial charge in [-0.1, -0.05) is 0 Å².